The average molecular weight is 418 g/mol. The average Bonchev–Trinajstić information content (AvgIpc) is 2.72. The molecule has 1 aromatic rings. The van der Waals surface area contributed by atoms with E-state index in [0.29, 0.717) is 38.0 Å². The molecule has 3 N–H and O–H groups in total. The predicted molar refractivity (Wildman–Crippen MR) is 111 cm³/mol. The second-order valence-electron chi connectivity index (χ2n) is 7.80. The normalized spacial score (nSPS) is 22.4. The van der Waals surface area contributed by atoms with E-state index in [1.54, 1.807) is 30.2 Å². The summed E-state index contributed by atoms with van der Waals surface area (Å²) in [6.07, 6.45) is 4.33. The Hall–Kier alpha value is -2.97. The van der Waals surface area contributed by atoms with Gasteiger partial charge in [-0.15, -0.1) is 0 Å². The van der Waals surface area contributed by atoms with Gasteiger partial charge in [0.2, 0.25) is 17.7 Å². The number of carbonyl (C=O) groups is 4. The Morgan fingerprint density at radius 3 is 2.53 bits per heavy atom. The minimum atomic E-state index is -0.759. The van der Waals surface area contributed by atoms with E-state index in [4.69, 9.17) is 0 Å². The Morgan fingerprint density at radius 2 is 1.87 bits per heavy atom. The fourth-order valence-corrected chi connectivity index (χ4v) is 3.20. The monoisotopic (exact) mass is 417 g/mol. The molecule has 9 nitrogen and oxygen atoms in total. The number of amides is 4. The first-order chi connectivity index (χ1) is 14.3. The number of nitrogens with one attached hydrogen (secondary N) is 3. The van der Waals surface area contributed by atoms with Crippen LogP contribution in [0.3, 0.4) is 0 Å². The van der Waals surface area contributed by atoms with Gasteiger partial charge in [-0.3, -0.25) is 24.2 Å². The summed E-state index contributed by atoms with van der Waals surface area (Å²) in [5.41, 5.74) is 0.479. The molecule has 0 radical (unpaired) electrons. The zero-order chi connectivity index (χ0) is 22.1. The van der Waals surface area contributed by atoms with Gasteiger partial charge in [0.05, 0.1) is 5.56 Å². The second-order valence-corrected chi connectivity index (χ2v) is 7.80. The quantitative estimate of drug-likeness (QED) is 0.646. The van der Waals surface area contributed by atoms with Gasteiger partial charge in [-0.25, -0.2) is 0 Å². The van der Waals surface area contributed by atoms with Crippen LogP contribution in [0.25, 0.3) is 0 Å². The highest BCUT2D eigenvalue weighted by Gasteiger charge is 2.27. The standard InChI is InChI=1S/C21H31N5O4/c1-14(2)18-20(29)23-10-6-12-26(21(30)16-7-4-9-22-13-16)11-5-8-17(27)24-15(3)19(28)25-18/h4,7,9,13-15,18H,5-6,8,10-12H2,1-3H3,(H,23,29)(H,24,27)(H,25,28)/t15-,18-/m1/s1. The Balaban J connectivity index is 2.13. The lowest BCUT2D eigenvalue weighted by atomic mass is 10.0. The molecule has 1 saturated heterocycles. The minimum Gasteiger partial charge on any atom is -0.354 e. The molecule has 0 spiro atoms. The Labute approximate surface area is 177 Å². The lowest BCUT2D eigenvalue weighted by Crippen LogP contribution is -2.54. The van der Waals surface area contributed by atoms with Crippen molar-refractivity contribution in [2.24, 2.45) is 5.92 Å². The van der Waals surface area contributed by atoms with Crippen molar-refractivity contribution >= 4 is 23.6 Å². The van der Waals surface area contributed by atoms with E-state index in [1.807, 2.05) is 13.8 Å². The van der Waals surface area contributed by atoms with Crippen LogP contribution >= 0.6 is 0 Å². The maximum Gasteiger partial charge on any atom is 0.255 e. The maximum absolute atomic E-state index is 12.8. The number of carbonyl (C=O) groups excluding carboxylic acids is 4. The van der Waals surface area contributed by atoms with Crippen LogP contribution < -0.4 is 16.0 Å². The van der Waals surface area contributed by atoms with Crippen LogP contribution in [-0.4, -0.2) is 65.2 Å². The summed E-state index contributed by atoms with van der Waals surface area (Å²) in [4.78, 5) is 55.6. The first-order valence-corrected chi connectivity index (χ1v) is 10.4. The molecule has 1 aliphatic rings. The van der Waals surface area contributed by atoms with Gasteiger partial charge in [0, 0.05) is 38.4 Å². The van der Waals surface area contributed by atoms with E-state index in [9.17, 15) is 19.2 Å². The smallest absolute Gasteiger partial charge is 0.255 e. The Kier molecular flexibility index (Phi) is 8.76. The van der Waals surface area contributed by atoms with Crippen molar-refractivity contribution in [3.05, 3.63) is 30.1 Å². The number of aromatic nitrogens is 1. The van der Waals surface area contributed by atoms with Crippen LogP contribution in [0.1, 0.15) is 50.4 Å². The SMILES string of the molecule is CC(C)[C@H]1NC(=O)[C@@H](C)NC(=O)CCCN(C(=O)c2cccnc2)CCCNC1=O. The fraction of sp³-hybridized carbons (Fsp3) is 0.571. The third-order valence-corrected chi connectivity index (χ3v) is 4.95. The van der Waals surface area contributed by atoms with Gasteiger partial charge >= 0.3 is 0 Å². The first kappa shape index (κ1) is 23.3. The third kappa shape index (κ3) is 6.82. The van der Waals surface area contributed by atoms with Gasteiger partial charge in [-0.05, 0) is 37.8 Å². The lowest BCUT2D eigenvalue weighted by molar-refractivity contribution is -0.132. The molecule has 2 atom stereocenters. The molecule has 1 aromatic heterocycles. The summed E-state index contributed by atoms with van der Waals surface area (Å²) in [6, 6.07) is 1.94. The Morgan fingerprint density at radius 1 is 1.13 bits per heavy atom. The molecule has 2 heterocycles. The van der Waals surface area contributed by atoms with Crippen molar-refractivity contribution in [2.45, 2.75) is 52.1 Å². The highest BCUT2D eigenvalue weighted by Crippen LogP contribution is 2.08. The van der Waals surface area contributed by atoms with E-state index in [-0.39, 0.29) is 30.1 Å². The van der Waals surface area contributed by atoms with Crippen molar-refractivity contribution in [2.75, 3.05) is 19.6 Å². The molecule has 2 rings (SSSR count). The van der Waals surface area contributed by atoms with Crippen LogP contribution in [0.15, 0.2) is 24.5 Å². The van der Waals surface area contributed by atoms with Crippen LogP contribution in [0.4, 0.5) is 0 Å². The first-order valence-electron chi connectivity index (χ1n) is 10.4. The van der Waals surface area contributed by atoms with Crippen molar-refractivity contribution in [3.8, 4) is 0 Å². The third-order valence-electron chi connectivity index (χ3n) is 4.95. The molecule has 1 fully saturated rings. The van der Waals surface area contributed by atoms with E-state index in [2.05, 4.69) is 20.9 Å². The summed E-state index contributed by atoms with van der Waals surface area (Å²) >= 11 is 0. The van der Waals surface area contributed by atoms with E-state index >= 15 is 0 Å². The molecule has 9 heteroatoms. The summed E-state index contributed by atoms with van der Waals surface area (Å²) < 4.78 is 0. The van der Waals surface area contributed by atoms with Gasteiger partial charge in [-0.1, -0.05) is 13.8 Å². The molecular formula is C21H31N5O4. The molecule has 30 heavy (non-hydrogen) atoms. The zero-order valence-corrected chi connectivity index (χ0v) is 17.8. The van der Waals surface area contributed by atoms with Crippen LogP contribution in [0.2, 0.25) is 0 Å². The zero-order valence-electron chi connectivity index (χ0n) is 17.8. The van der Waals surface area contributed by atoms with Crippen molar-refractivity contribution in [1.29, 1.82) is 0 Å². The van der Waals surface area contributed by atoms with Gasteiger partial charge < -0.3 is 20.9 Å². The molecule has 0 aliphatic carbocycles. The molecule has 164 valence electrons. The molecule has 0 aromatic carbocycles. The fourth-order valence-electron chi connectivity index (χ4n) is 3.20. The highest BCUT2D eigenvalue weighted by atomic mass is 16.2. The summed E-state index contributed by atoms with van der Waals surface area (Å²) in [7, 11) is 0. The van der Waals surface area contributed by atoms with Crippen LogP contribution in [0, 0.1) is 5.92 Å². The number of pyridine rings is 1. The predicted octanol–water partition coefficient (Wildman–Crippen LogP) is 0.469. The molecule has 4 amide bonds. The number of nitrogens with zero attached hydrogens (tertiary/aromatic N) is 2. The highest BCUT2D eigenvalue weighted by molar-refractivity contribution is 5.94. The minimum absolute atomic E-state index is 0.115. The second kappa shape index (κ2) is 11.3. The molecular weight excluding hydrogens is 386 g/mol. The number of rotatable bonds is 2. The van der Waals surface area contributed by atoms with Crippen molar-refractivity contribution in [3.63, 3.8) is 0 Å². The summed E-state index contributed by atoms with van der Waals surface area (Å²) in [6.45, 7) is 6.47. The van der Waals surface area contributed by atoms with Gasteiger partial charge in [0.15, 0.2) is 0 Å². The van der Waals surface area contributed by atoms with E-state index in [0.717, 1.165) is 0 Å². The lowest BCUT2D eigenvalue weighted by Gasteiger charge is -2.24. The number of hydrogen-bond donors (Lipinski definition) is 3. The summed E-state index contributed by atoms with van der Waals surface area (Å²) in [5, 5.41) is 8.21. The maximum atomic E-state index is 12.8. The van der Waals surface area contributed by atoms with Crippen molar-refractivity contribution in [1.82, 2.24) is 25.8 Å². The molecule has 1 aliphatic heterocycles. The number of hydrogen-bond acceptors (Lipinski definition) is 5. The van der Waals surface area contributed by atoms with Crippen LogP contribution in [-0.2, 0) is 14.4 Å². The van der Waals surface area contributed by atoms with Gasteiger partial charge in [0.1, 0.15) is 12.1 Å². The molecule has 0 bridgehead atoms. The summed E-state index contributed by atoms with van der Waals surface area (Å²) in [5.74, 6) is -1.23. The Bertz CT molecular complexity index is 753. The molecule has 0 saturated carbocycles. The van der Waals surface area contributed by atoms with Crippen molar-refractivity contribution < 1.29 is 19.2 Å². The molecule has 0 unspecified atom stereocenters. The van der Waals surface area contributed by atoms with Gasteiger partial charge in [-0.2, -0.15) is 0 Å². The topological polar surface area (TPSA) is 120 Å². The van der Waals surface area contributed by atoms with Crippen LogP contribution in [0.5, 0.6) is 0 Å². The van der Waals surface area contributed by atoms with E-state index < -0.39 is 18.0 Å². The van der Waals surface area contributed by atoms with Gasteiger partial charge in [0.25, 0.3) is 5.91 Å². The van der Waals surface area contributed by atoms with E-state index in [1.165, 1.54) is 6.20 Å². The largest absolute Gasteiger partial charge is 0.354 e.